The molecular weight excluding hydrogens is 210 g/mol. The number of rotatable bonds is 2. The van der Waals surface area contributed by atoms with E-state index in [2.05, 4.69) is 26.0 Å². The third kappa shape index (κ3) is 1.97. The third-order valence-electron chi connectivity index (χ3n) is 4.05. The molecule has 1 heterocycles. The lowest BCUT2D eigenvalue weighted by Crippen LogP contribution is -2.48. The second-order valence-electron chi connectivity index (χ2n) is 5.76. The number of benzene rings is 1. The van der Waals surface area contributed by atoms with Gasteiger partial charge in [-0.1, -0.05) is 26.0 Å². The van der Waals surface area contributed by atoms with Crippen molar-refractivity contribution >= 4 is 5.91 Å². The van der Waals surface area contributed by atoms with Gasteiger partial charge in [-0.25, -0.2) is 0 Å². The van der Waals surface area contributed by atoms with Crippen LogP contribution in [0.1, 0.15) is 42.1 Å². The predicted octanol–water partition coefficient (Wildman–Crippen LogP) is 2.90. The molecule has 90 valence electrons. The summed E-state index contributed by atoms with van der Waals surface area (Å²) in [4.78, 5) is 14.0. The molecule has 0 N–H and O–H groups in total. The van der Waals surface area contributed by atoms with E-state index in [1.165, 1.54) is 12.0 Å². The molecule has 1 aromatic carbocycles. The molecule has 1 amide bonds. The van der Waals surface area contributed by atoms with Crippen LogP contribution in [0, 0.1) is 11.8 Å². The van der Waals surface area contributed by atoms with Gasteiger partial charge >= 0.3 is 0 Å². The zero-order valence-corrected chi connectivity index (χ0v) is 10.5. The summed E-state index contributed by atoms with van der Waals surface area (Å²) in [7, 11) is 0. The van der Waals surface area contributed by atoms with E-state index in [1.807, 2.05) is 17.0 Å². The van der Waals surface area contributed by atoms with E-state index in [-0.39, 0.29) is 5.91 Å². The maximum absolute atomic E-state index is 12.1. The maximum Gasteiger partial charge on any atom is 0.253 e. The van der Waals surface area contributed by atoms with Crippen LogP contribution in [-0.4, -0.2) is 23.9 Å². The molecule has 1 aliphatic carbocycles. The van der Waals surface area contributed by atoms with Gasteiger partial charge < -0.3 is 4.90 Å². The minimum Gasteiger partial charge on any atom is -0.338 e. The Morgan fingerprint density at radius 2 is 1.76 bits per heavy atom. The molecule has 2 fully saturated rings. The van der Waals surface area contributed by atoms with Gasteiger partial charge in [0, 0.05) is 18.7 Å². The Labute approximate surface area is 103 Å². The second kappa shape index (κ2) is 3.86. The van der Waals surface area contributed by atoms with Gasteiger partial charge in [0.15, 0.2) is 0 Å². The summed E-state index contributed by atoms with van der Waals surface area (Å²) in [6, 6.07) is 8.24. The van der Waals surface area contributed by atoms with E-state index in [1.54, 1.807) is 0 Å². The van der Waals surface area contributed by atoms with Crippen LogP contribution >= 0.6 is 0 Å². The first-order valence-corrected chi connectivity index (χ1v) is 6.54. The van der Waals surface area contributed by atoms with Crippen molar-refractivity contribution in [1.29, 1.82) is 0 Å². The van der Waals surface area contributed by atoms with Crippen molar-refractivity contribution in [3.63, 3.8) is 0 Å². The Kier molecular flexibility index (Phi) is 2.46. The monoisotopic (exact) mass is 229 g/mol. The van der Waals surface area contributed by atoms with Crippen molar-refractivity contribution in [2.45, 2.75) is 26.2 Å². The van der Waals surface area contributed by atoms with Crippen LogP contribution < -0.4 is 0 Å². The van der Waals surface area contributed by atoms with Crippen LogP contribution in [0.25, 0.3) is 0 Å². The summed E-state index contributed by atoms with van der Waals surface area (Å²) in [5, 5.41) is 0. The number of nitrogens with zero attached hydrogens (tertiary/aromatic N) is 1. The van der Waals surface area contributed by atoms with Gasteiger partial charge in [-0.05, 0) is 41.9 Å². The fraction of sp³-hybridized carbons (Fsp3) is 0.533. The lowest BCUT2D eigenvalue weighted by molar-refractivity contribution is 0.0530. The highest BCUT2D eigenvalue weighted by molar-refractivity contribution is 5.94. The first kappa shape index (κ1) is 10.8. The summed E-state index contributed by atoms with van der Waals surface area (Å²) in [6.45, 7) is 6.30. The van der Waals surface area contributed by atoms with Gasteiger partial charge in [0.1, 0.15) is 0 Å². The van der Waals surface area contributed by atoms with E-state index in [4.69, 9.17) is 0 Å². The quantitative estimate of drug-likeness (QED) is 0.763. The Hall–Kier alpha value is -1.31. The van der Waals surface area contributed by atoms with Gasteiger partial charge in [-0.2, -0.15) is 0 Å². The summed E-state index contributed by atoms with van der Waals surface area (Å²) < 4.78 is 0. The zero-order valence-electron chi connectivity index (χ0n) is 10.5. The smallest absolute Gasteiger partial charge is 0.253 e. The zero-order chi connectivity index (χ0) is 12.0. The molecule has 1 saturated carbocycles. The van der Waals surface area contributed by atoms with E-state index < -0.39 is 0 Å². The molecule has 0 bridgehead atoms. The molecule has 0 unspecified atom stereocenters. The average molecular weight is 229 g/mol. The lowest BCUT2D eigenvalue weighted by atomic mass is 10.0. The number of hydrogen-bond donors (Lipinski definition) is 0. The molecule has 17 heavy (non-hydrogen) atoms. The Morgan fingerprint density at radius 1 is 1.18 bits per heavy atom. The van der Waals surface area contributed by atoms with E-state index in [0.29, 0.717) is 5.92 Å². The molecule has 0 radical (unpaired) electrons. The number of hydrogen-bond acceptors (Lipinski definition) is 1. The molecule has 1 saturated heterocycles. The Morgan fingerprint density at radius 3 is 2.24 bits per heavy atom. The van der Waals surface area contributed by atoms with Crippen molar-refractivity contribution in [3.8, 4) is 0 Å². The molecule has 0 aromatic heterocycles. The molecule has 3 rings (SSSR count). The molecule has 1 aliphatic heterocycles. The highest BCUT2D eigenvalue weighted by atomic mass is 16.2. The van der Waals surface area contributed by atoms with Crippen LogP contribution in [0.4, 0.5) is 0 Å². The number of carbonyl (C=O) groups excluding carboxylic acids is 1. The van der Waals surface area contributed by atoms with Gasteiger partial charge in [-0.15, -0.1) is 0 Å². The van der Waals surface area contributed by atoms with Gasteiger partial charge in [0.05, 0.1) is 0 Å². The molecule has 2 nitrogen and oxygen atoms in total. The fourth-order valence-electron chi connectivity index (χ4n) is 2.71. The number of amides is 1. The first-order valence-electron chi connectivity index (χ1n) is 6.54. The summed E-state index contributed by atoms with van der Waals surface area (Å²) in [6.07, 6.45) is 1.30. The van der Waals surface area contributed by atoms with Crippen molar-refractivity contribution < 1.29 is 4.79 Å². The fourth-order valence-corrected chi connectivity index (χ4v) is 2.71. The van der Waals surface area contributed by atoms with Crippen LogP contribution in [0.2, 0.25) is 0 Å². The Bertz CT molecular complexity index is 431. The van der Waals surface area contributed by atoms with Crippen molar-refractivity contribution in [1.82, 2.24) is 4.90 Å². The van der Waals surface area contributed by atoms with Gasteiger partial charge in [0.25, 0.3) is 5.91 Å². The average Bonchev–Trinajstić information content (AvgIpc) is 3.02. The standard InChI is InChI=1S/C15H19NO/c1-10-8-16(9-10)15(17)13-5-3-12(4-6-13)14-7-11(14)2/h3-6,10-11,14H,7-9H2,1-2H3/t11-,14-/m0/s1. The molecule has 1 aromatic rings. The van der Waals surface area contributed by atoms with E-state index in [9.17, 15) is 4.79 Å². The highest BCUT2D eigenvalue weighted by Crippen LogP contribution is 2.46. The minimum atomic E-state index is 0.193. The minimum absolute atomic E-state index is 0.193. The van der Waals surface area contributed by atoms with Crippen LogP contribution in [0.5, 0.6) is 0 Å². The van der Waals surface area contributed by atoms with Crippen LogP contribution in [0.3, 0.4) is 0 Å². The molecule has 2 heteroatoms. The van der Waals surface area contributed by atoms with Crippen molar-refractivity contribution in [2.75, 3.05) is 13.1 Å². The van der Waals surface area contributed by atoms with E-state index in [0.717, 1.165) is 30.5 Å². The largest absolute Gasteiger partial charge is 0.338 e. The molecule has 2 atom stereocenters. The summed E-state index contributed by atoms with van der Waals surface area (Å²) >= 11 is 0. The maximum atomic E-state index is 12.1. The summed E-state index contributed by atoms with van der Waals surface area (Å²) in [5.41, 5.74) is 2.24. The SMILES string of the molecule is CC1CN(C(=O)c2ccc([C@H]3C[C@@H]3C)cc2)C1. The number of likely N-dealkylation sites (tertiary alicyclic amines) is 1. The number of carbonyl (C=O) groups is 1. The van der Waals surface area contributed by atoms with Gasteiger partial charge in [-0.3, -0.25) is 4.79 Å². The third-order valence-corrected chi connectivity index (χ3v) is 4.05. The van der Waals surface area contributed by atoms with Crippen molar-refractivity contribution in [3.05, 3.63) is 35.4 Å². The normalized spacial score (nSPS) is 27.8. The lowest BCUT2D eigenvalue weighted by Gasteiger charge is -2.37. The highest BCUT2D eigenvalue weighted by Gasteiger charge is 2.34. The van der Waals surface area contributed by atoms with Crippen LogP contribution in [-0.2, 0) is 0 Å². The van der Waals surface area contributed by atoms with E-state index >= 15 is 0 Å². The molecule has 0 spiro atoms. The van der Waals surface area contributed by atoms with Crippen molar-refractivity contribution in [2.24, 2.45) is 11.8 Å². The predicted molar refractivity (Wildman–Crippen MR) is 68.0 cm³/mol. The molecular formula is C15H19NO. The second-order valence-corrected chi connectivity index (χ2v) is 5.76. The first-order chi connectivity index (χ1) is 8.15. The van der Waals surface area contributed by atoms with Crippen LogP contribution in [0.15, 0.2) is 24.3 Å². The summed E-state index contributed by atoms with van der Waals surface area (Å²) in [5.74, 6) is 2.43. The Balaban J connectivity index is 1.69. The topological polar surface area (TPSA) is 20.3 Å². The molecule has 2 aliphatic rings. The van der Waals surface area contributed by atoms with Gasteiger partial charge in [0.2, 0.25) is 0 Å².